The smallest absolute Gasteiger partial charge is 0.337 e. The van der Waals surface area contributed by atoms with Crippen molar-refractivity contribution in [2.75, 3.05) is 38.6 Å². The number of ether oxygens (including phenoxy) is 1. The normalized spacial score (nSPS) is 15.7. The van der Waals surface area contributed by atoms with Crippen molar-refractivity contribution in [2.24, 2.45) is 0 Å². The zero-order valence-corrected chi connectivity index (χ0v) is 16.5. The van der Waals surface area contributed by atoms with Crippen LogP contribution in [0.2, 0.25) is 0 Å². The molecule has 1 atom stereocenters. The van der Waals surface area contributed by atoms with Gasteiger partial charge in [-0.15, -0.1) is 0 Å². The highest BCUT2D eigenvalue weighted by atomic mass is 16.5. The summed E-state index contributed by atoms with van der Waals surface area (Å²) in [6.45, 7) is 6.34. The average Bonchev–Trinajstić information content (AvgIpc) is 2.74. The first-order valence-electron chi connectivity index (χ1n) is 9.68. The zero-order valence-electron chi connectivity index (χ0n) is 16.5. The number of hydrogen-bond acceptors (Lipinski definition) is 4. The van der Waals surface area contributed by atoms with Gasteiger partial charge in [0.1, 0.15) is 12.6 Å². The number of carbonyl (C=O) groups is 2. The predicted molar refractivity (Wildman–Crippen MR) is 108 cm³/mol. The van der Waals surface area contributed by atoms with Gasteiger partial charge in [0.25, 0.3) is 0 Å². The van der Waals surface area contributed by atoms with E-state index >= 15 is 0 Å². The Kier molecular flexibility index (Phi) is 6.66. The van der Waals surface area contributed by atoms with Gasteiger partial charge in [0, 0.05) is 11.3 Å². The Labute approximate surface area is 166 Å². The first-order chi connectivity index (χ1) is 13.6. The van der Waals surface area contributed by atoms with Crippen LogP contribution >= 0.6 is 0 Å². The van der Waals surface area contributed by atoms with E-state index in [9.17, 15) is 9.59 Å². The molecule has 1 fully saturated rings. The van der Waals surface area contributed by atoms with Crippen LogP contribution in [0.4, 0.5) is 5.69 Å². The Hall–Kier alpha value is -2.86. The van der Waals surface area contributed by atoms with Gasteiger partial charge in [-0.3, -0.25) is 4.79 Å². The first kappa shape index (κ1) is 19.9. The summed E-state index contributed by atoms with van der Waals surface area (Å²) in [6.07, 6.45) is 0. The lowest BCUT2D eigenvalue weighted by Crippen LogP contribution is -3.13. The van der Waals surface area contributed by atoms with Crippen molar-refractivity contribution in [2.45, 2.75) is 19.5 Å². The van der Waals surface area contributed by atoms with Crippen LogP contribution in [0.25, 0.3) is 0 Å². The van der Waals surface area contributed by atoms with Gasteiger partial charge >= 0.3 is 5.97 Å². The van der Waals surface area contributed by atoms with E-state index in [0.717, 1.165) is 38.4 Å². The van der Waals surface area contributed by atoms with E-state index in [0.29, 0.717) is 5.56 Å². The largest absolute Gasteiger partial charge is 0.465 e. The summed E-state index contributed by atoms with van der Waals surface area (Å²) in [4.78, 5) is 27.7. The lowest BCUT2D eigenvalue weighted by atomic mass is 10.1. The lowest BCUT2D eigenvalue weighted by molar-refractivity contribution is -0.917. The van der Waals surface area contributed by atoms with Gasteiger partial charge in [-0.05, 0) is 31.2 Å². The minimum absolute atomic E-state index is 0.107. The van der Waals surface area contributed by atoms with Crippen molar-refractivity contribution in [3.05, 3.63) is 65.7 Å². The number of piperazine rings is 1. The number of hydrogen-bond donors (Lipinski definition) is 2. The molecule has 0 aliphatic carbocycles. The third-order valence-electron chi connectivity index (χ3n) is 5.14. The molecular weight excluding hydrogens is 354 g/mol. The molecule has 6 heteroatoms. The molecule has 0 spiro atoms. The number of quaternary nitrogens is 1. The maximum Gasteiger partial charge on any atom is 0.337 e. The molecule has 0 unspecified atom stereocenters. The monoisotopic (exact) mass is 382 g/mol. The summed E-state index contributed by atoms with van der Waals surface area (Å²) < 4.78 is 4.70. The Balaban J connectivity index is 1.48. The zero-order chi connectivity index (χ0) is 19.9. The van der Waals surface area contributed by atoms with Crippen LogP contribution in [0.15, 0.2) is 54.6 Å². The van der Waals surface area contributed by atoms with Crippen molar-refractivity contribution < 1.29 is 19.2 Å². The molecule has 1 aliphatic rings. The van der Waals surface area contributed by atoms with Gasteiger partial charge in [-0.2, -0.15) is 0 Å². The van der Waals surface area contributed by atoms with Crippen molar-refractivity contribution in [3.63, 3.8) is 0 Å². The van der Waals surface area contributed by atoms with E-state index in [-0.39, 0.29) is 17.9 Å². The van der Waals surface area contributed by atoms with Gasteiger partial charge in [0.2, 0.25) is 5.91 Å². The van der Waals surface area contributed by atoms with Gasteiger partial charge in [-0.1, -0.05) is 30.3 Å². The lowest BCUT2D eigenvalue weighted by Gasteiger charge is -2.34. The van der Waals surface area contributed by atoms with E-state index in [1.54, 1.807) is 24.3 Å². The molecule has 28 heavy (non-hydrogen) atoms. The van der Waals surface area contributed by atoms with Crippen LogP contribution in [0, 0.1) is 0 Å². The number of nitrogens with one attached hydrogen (secondary N) is 2. The number of nitrogens with zero attached hydrogens (tertiary/aromatic N) is 1. The second-order valence-corrected chi connectivity index (χ2v) is 7.17. The fourth-order valence-electron chi connectivity index (χ4n) is 3.51. The quantitative estimate of drug-likeness (QED) is 0.737. The molecule has 0 radical (unpaired) electrons. The molecule has 6 nitrogen and oxygen atoms in total. The number of carbonyl (C=O) groups excluding carboxylic acids is 2. The van der Waals surface area contributed by atoms with Crippen LogP contribution in [0.5, 0.6) is 0 Å². The first-order valence-corrected chi connectivity index (χ1v) is 9.68. The summed E-state index contributed by atoms with van der Waals surface area (Å²) in [5.41, 5.74) is 2.63. The average molecular weight is 382 g/mol. The Morgan fingerprint density at radius 3 is 2.32 bits per heavy atom. The molecule has 3 rings (SSSR count). The van der Waals surface area contributed by atoms with E-state index in [2.05, 4.69) is 29.6 Å². The number of esters is 1. The highest BCUT2D eigenvalue weighted by Gasteiger charge is 2.26. The highest BCUT2D eigenvalue weighted by Crippen LogP contribution is 2.12. The van der Waals surface area contributed by atoms with Crippen LogP contribution in [-0.2, 0) is 16.1 Å². The maximum absolute atomic E-state index is 12.8. The number of benzene rings is 2. The van der Waals surface area contributed by atoms with Crippen molar-refractivity contribution in [1.82, 2.24) is 4.90 Å². The molecule has 2 aromatic carbocycles. The third-order valence-corrected chi connectivity index (χ3v) is 5.14. The van der Waals surface area contributed by atoms with E-state index in [1.807, 2.05) is 17.9 Å². The van der Waals surface area contributed by atoms with Crippen molar-refractivity contribution in [3.8, 4) is 0 Å². The van der Waals surface area contributed by atoms with Crippen LogP contribution < -0.4 is 10.2 Å². The summed E-state index contributed by atoms with van der Waals surface area (Å²) in [5.74, 6) is -0.262. The minimum Gasteiger partial charge on any atom is -0.465 e. The van der Waals surface area contributed by atoms with Gasteiger partial charge in [-0.25, -0.2) is 4.79 Å². The Morgan fingerprint density at radius 2 is 1.71 bits per heavy atom. The number of rotatable bonds is 6. The molecule has 2 N–H and O–H groups in total. The predicted octanol–water partition coefficient (Wildman–Crippen LogP) is 1.20. The molecule has 0 bridgehead atoms. The summed E-state index contributed by atoms with van der Waals surface area (Å²) in [7, 11) is 1.36. The molecular formula is C22H28N3O3+. The summed E-state index contributed by atoms with van der Waals surface area (Å²) in [5, 5.41) is 3.22. The fraction of sp³-hybridized carbons (Fsp3) is 0.364. The molecule has 1 amide bonds. The molecule has 0 saturated carbocycles. The number of anilines is 1. The molecule has 1 heterocycles. The van der Waals surface area contributed by atoms with Gasteiger partial charge in [0.05, 0.1) is 38.9 Å². The standard InChI is InChI=1S/C22H27N3O3/c1-17(23-20-10-8-19(9-11-20)22(27)28-2)21(26)25-14-12-24(13-15-25)16-18-6-4-3-5-7-18/h3-11,17,23H,12-16H2,1-2H3/p+1/t17-/m0/s1. The molecule has 1 aliphatic heterocycles. The molecule has 2 aromatic rings. The SMILES string of the molecule is COC(=O)c1ccc(N[C@@H](C)C(=O)N2CC[NH+](Cc3ccccc3)CC2)cc1. The summed E-state index contributed by atoms with van der Waals surface area (Å²) >= 11 is 0. The van der Waals surface area contributed by atoms with Crippen LogP contribution in [0.1, 0.15) is 22.8 Å². The highest BCUT2D eigenvalue weighted by molar-refractivity contribution is 5.90. The minimum atomic E-state index is -0.369. The Bertz CT molecular complexity index is 784. The summed E-state index contributed by atoms with van der Waals surface area (Å²) in [6, 6.07) is 17.1. The van der Waals surface area contributed by atoms with E-state index in [4.69, 9.17) is 4.74 Å². The van der Waals surface area contributed by atoms with Crippen molar-refractivity contribution >= 4 is 17.6 Å². The number of amides is 1. The number of methoxy groups -OCH3 is 1. The molecule has 148 valence electrons. The fourth-order valence-corrected chi connectivity index (χ4v) is 3.51. The van der Waals surface area contributed by atoms with E-state index in [1.165, 1.54) is 17.6 Å². The second kappa shape index (κ2) is 9.37. The topological polar surface area (TPSA) is 63.1 Å². The van der Waals surface area contributed by atoms with E-state index < -0.39 is 0 Å². The Morgan fingerprint density at radius 1 is 1.07 bits per heavy atom. The van der Waals surface area contributed by atoms with Crippen LogP contribution in [-0.4, -0.2) is 56.1 Å². The second-order valence-electron chi connectivity index (χ2n) is 7.17. The maximum atomic E-state index is 12.8. The third kappa shape index (κ3) is 5.10. The van der Waals surface area contributed by atoms with Gasteiger partial charge in [0.15, 0.2) is 0 Å². The van der Waals surface area contributed by atoms with Crippen molar-refractivity contribution in [1.29, 1.82) is 0 Å². The van der Waals surface area contributed by atoms with Crippen LogP contribution in [0.3, 0.4) is 0 Å². The molecule has 1 saturated heterocycles. The molecule has 0 aromatic heterocycles. The van der Waals surface area contributed by atoms with Gasteiger partial charge < -0.3 is 19.9 Å².